The fraction of sp³-hybridized carbons (Fsp3) is 0.300. The van der Waals surface area contributed by atoms with E-state index in [0.29, 0.717) is 0 Å². The van der Waals surface area contributed by atoms with Crippen LogP contribution in [-0.2, 0) is 10.0 Å². The van der Waals surface area contributed by atoms with Gasteiger partial charge in [0.2, 0.25) is 10.0 Å². The van der Waals surface area contributed by atoms with Gasteiger partial charge in [0.05, 0.1) is 10.4 Å². The minimum Gasteiger partial charge on any atom is -0.409 e. The Morgan fingerprint density at radius 2 is 1.88 bits per heavy atom. The number of oxime groups is 1. The molecule has 0 aliphatic carbocycles. The summed E-state index contributed by atoms with van der Waals surface area (Å²) in [6, 6.07) is 7.87. The minimum absolute atomic E-state index is 0.124. The van der Waals surface area contributed by atoms with Crippen molar-refractivity contribution in [2.24, 2.45) is 10.9 Å². The van der Waals surface area contributed by atoms with E-state index < -0.39 is 15.6 Å². The molecule has 0 saturated heterocycles. The van der Waals surface area contributed by atoms with Crippen LogP contribution in [0.25, 0.3) is 0 Å². The van der Waals surface area contributed by atoms with Crippen LogP contribution in [0.15, 0.2) is 40.4 Å². The lowest BCUT2D eigenvalue weighted by Crippen LogP contribution is -2.52. The molecule has 0 radical (unpaired) electrons. The standard InChI is InChI=1S/C10H15N3O3S/c1-10(2,9(11)12-14)13-17(15,16)8-6-4-3-5-7-8/h3-7,13-14H,1-2H3,(H2,11,12). The highest BCUT2D eigenvalue weighted by Crippen LogP contribution is 2.12. The maximum Gasteiger partial charge on any atom is 0.241 e. The van der Waals surface area contributed by atoms with E-state index in [9.17, 15) is 8.42 Å². The van der Waals surface area contributed by atoms with E-state index in [1.54, 1.807) is 18.2 Å². The number of nitrogens with one attached hydrogen (secondary N) is 1. The molecule has 0 bridgehead atoms. The smallest absolute Gasteiger partial charge is 0.241 e. The predicted molar refractivity (Wildman–Crippen MR) is 64.3 cm³/mol. The number of nitrogens with two attached hydrogens (primary N) is 1. The molecule has 0 unspecified atom stereocenters. The number of hydrogen-bond donors (Lipinski definition) is 3. The number of sulfonamides is 1. The van der Waals surface area contributed by atoms with Crippen molar-refractivity contribution in [3.8, 4) is 0 Å². The summed E-state index contributed by atoms with van der Waals surface area (Å²) in [7, 11) is -3.70. The van der Waals surface area contributed by atoms with E-state index in [2.05, 4.69) is 9.88 Å². The van der Waals surface area contributed by atoms with Gasteiger partial charge >= 0.3 is 0 Å². The molecule has 0 spiro atoms. The predicted octanol–water partition coefficient (Wildman–Crippen LogP) is 0.490. The van der Waals surface area contributed by atoms with Crippen molar-refractivity contribution in [3.05, 3.63) is 30.3 Å². The lowest BCUT2D eigenvalue weighted by Gasteiger charge is -2.24. The van der Waals surface area contributed by atoms with Crippen molar-refractivity contribution in [3.63, 3.8) is 0 Å². The third-order valence-electron chi connectivity index (χ3n) is 2.19. The molecule has 0 atom stereocenters. The number of benzene rings is 1. The molecule has 94 valence electrons. The Kier molecular flexibility index (Phi) is 3.74. The van der Waals surface area contributed by atoms with Crippen molar-refractivity contribution in [1.82, 2.24) is 4.72 Å². The number of nitrogens with zero attached hydrogens (tertiary/aromatic N) is 1. The Morgan fingerprint density at radius 3 is 2.35 bits per heavy atom. The van der Waals surface area contributed by atoms with E-state index in [-0.39, 0.29) is 10.7 Å². The molecule has 1 aromatic rings. The van der Waals surface area contributed by atoms with Gasteiger partial charge in [0.15, 0.2) is 5.84 Å². The van der Waals surface area contributed by atoms with Crippen LogP contribution in [-0.4, -0.2) is 25.0 Å². The molecule has 1 rings (SSSR count). The SMILES string of the molecule is CC(C)(NS(=O)(=O)c1ccccc1)/C(N)=N/O. The monoisotopic (exact) mass is 257 g/mol. The van der Waals surface area contributed by atoms with Gasteiger partial charge in [0.25, 0.3) is 0 Å². The highest BCUT2D eigenvalue weighted by Gasteiger charge is 2.30. The van der Waals surface area contributed by atoms with Gasteiger partial charge in [0, 0.05) is 0 Å². The number of rotatable bonds is 4. The summed E-state index contributed by atoms with van der Waals surface area (Å²) in [6.45, 7) is 3.01. The molecular weight excluding hydrogens is 242 g/mol. The summed E-state index contributed by atoms with van der Waals surface area (Å²) >= 11 is 0. The Bertz CT molecular complexity index is 509. The average molecular weight is 257 g/mol. The van der Waals surface area contributed by atoms with E-state index in [1.807, 2.05) is 0 Å². The molecule has 7 heteroatoms. The Labute approximate surface area is 100 Å². The van der Waals surface area contributed by atoms with Crippen molar-refractivity contribution < 1.29 is 13.6 Å². The van der Waals surface area contributed by atoms with Crippen LogP contribution in [0.3, 0.4) is 0 Å². The fourth-order valence-electron chi connectivity index (χ4n) is 1.17. The molecule has 0 heterocycles. The summed E-state index contributed by atoms with van der Waals surface area (Å²) in [5, 5.41) is 11.4. The highest BCUT2D eigenvalue weighted by atomic mass is 32.2. The average Bonchev–Trinajstić information content (AvgIpc) is 2.27. The summed E-state index contributed by atoms with van der Waals surface area (Å²) in [6.07, 6.45) is 0. The highest BCUT2D eigenvalue weighted by molar-refractivity contribution is 7.89. The molecule has 0 aromatic heterocycles. The normalized spacial score (nSPS) is 13.6. The summed E-state index contributed by atoms with van der Waals surface area (Å²) in [5.41, 5.74) is 4.25. The van der Waals surface area contributed by atoms with E-state index >= 15 is 0 Å². The van der Waals surface area contributed by atoms with Crippen LogP contribution in [0.1, 0.15) is 13.8 Å². The van der Waals surface area contributed by atoms with Gasteiger partial charge in [-0.1, -0.05) is 23.4 Å². The Balaban J connectivity index is 3.04. The quantitative estimate of drug-likeness (QED) is 0.316. The van der Waals surface area contributed by atoms with Gasteiger partial charge in [-0.15, -0.1) is 0 Å². The molecule has 0 aliphatic rings. The first kappa shape index (κ1) is 13.5. The first-order chi connectivity index (χ1) is 7.79. The summed E-state index contributed by atoms with van der Waals surface area (Å²) in [5.74, 6) is -0.211. The van der Waals surface area contributed by atoms with Gasteiger partial charge in [-0.3, -0.25) is 0 Å². The lowest BCUT2D eigenvalue weighted by atomic mass is 10.1. The molecule has 0 saturated carbocycles. The van der Waals surface area contributed by atoms with E-state index in [1.165, 1.54) is 26.0 Å². The minimum atomic E-state index is -3.70. The fourth-order valence-corrected chi connectivity index (χ4v) is 2.58. The lowest BCUT2D eigenvalue weighted by molar-refractivity contribution is 0.312. The zero-order chi connectivity index (χ0) is 13.1. The topological polar surface area (TPSA) is 105 Å². The number of hydrogen-bond acceptors (Lipinski definition) is 4. The molecular formula is C10H15N3O3S. The van der Waals surface area contributed by atoms with Crippen molar-refractivity contribution >= 4 is 15.9 Å². The number of amidine groups is 1. The van der Waals surface area contributed by atoms with E-state index in [0.717, 1.165) is 0 Å². The molecule has 1 aromatic carbocycles. The van der Waals surface area contributed by atoms with E-state index in [4.69, 9.17) is 10.9 Å². The second kappa shape index (κ2) is 4.72. The Hall–Kier alpha value is -1.60. The second-order valence-electron chi connectivity index (χ2n) is 4.03. The zero-order valence-electron chi connectivity index (χ0n) is 9.58. The van der Waals surface area contributed by atoms with Gasteiger partial charge in [0.1, 0.15) is 0 Å². The van der Waals surface area contributed by atoms with Crippen LogP contribution in [0.2, 0.25) is 0 Å². The third-order valence-corrected chi connectivity index (χ3v) is 3.86. The molecule has 0 aliphatic heterocycles. The van der Waals surface area contributed by atoms with Gasteiger partial charge in [-0.25, -0.2) is 8.42 Å². The largest absolute Gasteiger partial charge is 0.409 e. The van der Waals surface area contributed by atoms with Crippen LogP contribution in [0, 0.1) is 0 Å². The maximum absolute atomic E-state index is 12.0. The second-order valence-corrected chi connectivity index (χ2v) is 5.71. The van der Waals surface area contributed by atoms with Crippen molar-refractivity contribution in [2.75, 3.05) is 0 Å². The molecule has 17 heavy (non-hydrogen) atoms. The molecule has 4 N–H and O–H groups in total. The first-order valence-corrected chi connectivity index (χ1v) is 6.35. The molecule has 0 amide bonds. The van der Waals surface area contributed by atoms with Crippen LogP contribution in [0.5, 0.6) is 0 Å². The Morgan fingerprint density at radius 1 is 1.35 bits per heavy atom. The van der Waals surface area contributed by atoms with Crippen LogP contribution in [0.4, 0.5) is 0 Å². The van der Waals surface area contributed by atoms with Gasteiger partial charge in [-0.05, 0) is 26.0 Å². The third kappa shape index (κ3) is 3.18. The van der Waals surface area contributed by atoms with Gasteiger partial charge < -0.3 is 10.9 Å². The summed E-state index contributed by atoms with van der Waals surface area (Å²) in [4.78, 5) is 0.124. The molecule has 6 nitrogen and oxygen atoms in total. The van der Waals surface area contributed by atoms with Crippen LogP contribution < -0.4 is 10.5 Å². The zero-order valence-corrected chi connectivity index (χ0v) is 10.4. The maximum atomic E-state index is 12.0. The first-order valence-electron chi connectivity index (χ1n) is 4.86. The van der Waals surface area contributed by atoms with Crippen molar-refractivity contribution in [2.45, 2.75) is 24.3 Å². The molecule has 0 fully saturated rings. The van der Waals surface area contributed by atoms with Crippen molar-refractivity contribution in [1.29, 1.82) is 0 Å². The summed E-state index contributed by atoms with van der Waals surface area (Å²) < 4.78 is 26.3. The van der Waals surface area contributed by atoms with Crippen LogP contribution >= 0.6 is 0 Å². The van der Waals surface area contributed by atoms with Gasteiger partial charge in [-0.2, -0.15) is 4.72 Å².